The zero-order valence-electron chi connectivity index (χ0n) is 8.30. The monoisotopic (exact) mass is 229 g/mol. The number of hydrogen-bond donors (Lipinski definition) is 4. The molecule has 0 saturated carbocycles. The van der Waals surface area contributed by atoms with Gasteiger partial charge in [-0.05, 0) is 11.6 Å². The molecular formula is C10H12FNO4. The Labute approximate surface area is 90.9 Å². The van der Waals surface area contributed by atoms with Gasteiger partial charge in [-0.3, -0.25) is 4.79 Å². The molecule has 88 valence electrons. The molecule has 0 aliphatic heterocycles. The van der Waals surface area contributed by atoms with E-state index in [9.17, 15) is 14.3 Å². The summed E-state index contributed by atoms with van der Waals surface area (Å²) in [7, 11) is 0. The van der Waals surface area contributed by atoms with E-state index in [1.807, 2.05) is 0 Å². The van der Waals surface area contributed by atoms with Crippen LogP contribution in [-0.2, 0) is 11.4 Å². The Morgan fingerprint density at radius 3 is 2.50 bits per heavy atom. The van der Waals surface area contributed by atoms with Crippen LogP contribution in [0.1, 0.15) is 17.2 Å². The summed E-state index contributed by atoms with van der Waals surface area (Å²) in [6.07, 6.45) is -3.58. The smallest absolute Gasteiger partial charge is 0.249 e. The summed E-state index contributed by atoms with van der Waals surface area (Å²) >= 11 is 0. The van der Waals surface area contributed by atoms with Gasteiger partial charge in [0, 0.05) is 5.56 Å². The Balaban J connectivity index is 3.00. The molecule has 0 bridgehead atoms. The second kappa shape index (κ2) is 5.02. The van der Waals surface area contributed by atoms with Crippen LogP contribution in [0, 0.1) is 5.82 Å². The van der Waals surface area contributed by atoms with Crippen LogP contribution in [0.5, 0.6) is 0 Å². The van der Waals surface area contributed by atoms with Crippen LogP contribution in [0.15, 0.2) is 18.2 Å². The Bertz CT molecular complexity index is 396. The second-order valence-electron chi connectivity index (χ2n) is 3.31. The highest BCUT2D eigenvalue weighted by Gasteiger charge is 2.25. The van der Waals surface area contributed by atoms with Crippen molar-refractivity contribution in [2.45, 2.75) is 18.8 Å². The fraction of sp³-hybridized carbons (Fsp3) is 0.300. The molecule has 0 aliphatic carbocycles. The number of carbonyl (C=O) groups is 1. The van der Waals surface area contributed by atoms with Gasteiger partial charge in [0.15, 0.2) is 6.10 Å². The van der Waals surface area contributed by atoms with E-state index >= 15 is 0 Å². The van der Waals surface area contributed by atoms with Gasteiger partial charge in [0.1, 0.15) is 11.9 Å². The van der Waals surface area contributed by atoms with Crippen molar-refractivity contribution in [3.05, 3.63) is 35.1 Å². The molecule has 1 aromatic rings. The quantitative estimate of drug-likeness (QED) is 0.542. The minimum atomic E-state index is -1.87. The minimum absolute atomic E-state index is 0.247. The third-order valence-corrected chi connectivity index (χ3v) is 2.16. The normalized spacial score (nSPS) is 14.5. The summed E-state index contributed by atoms with van der Waals surface area (Å²) in [5, 5.41) is 27.3. The average molecular weight is 229 g/mol. The highest BCUT2D eigenvalue weighted by atomic mass is 19.1. The molecule has 2 atom stereocenters. The SMILES string of the molecule is NC(=O)C(O)C(O)c1ccc(CO)cc1F. The fourth-order valence-corrected chi connectivity index (χ4v) is 1.23. The van der Waals surface area contributed by atoms with E-state index in [4.69, 9.17) is 15.9 Å². The number of benzene rings is 1. The van der Waals surface area contributed by atoms with E-state index in [0.717, 1.165) is 6.07 Å². The number of carbonyl (C=O) groups excluding carboxylic acids is 1. The maximum Gasteiger partial charge on any atom is 0.249 e. The van der Waals surface area contributed by atoms with E-state index in [2.05, 4.69) is 0 Å². The zero-order valence-corrected chi connectivity index (χ0v) is 8.30. The summed E-state index contributed by atoms with van der Waals surface area (Å²) in [5.74, 6) is -1.96. The summed E-state index contributed by atoms with van der Waals surface area (Å²) in [5.41, 5.74) is 4.84. The maximum atomic E-state index is 13.4. The first kappa shape index (κ1) is 12.6. The van der Waals surface area contributed by atoms with E-state index in [-0.39, 0.29) is 12.2 Å². The number of aliphatic hydroxyl groups is 3. The number of halogens is 1. The van der Waals surface area contributed by atoms with Gasteiger partial charge in [-0.1, -0.05) is 12.1 Å². The van der Waals surface area contributed by atoms with E-state index < -0.39 is 23.9 Å². The number of aliphatic hydroxyl groups excluding tert-OH is 3. The number of hydrogen-bond acceptors (Lipinski definition) is 4. The highest BCUT2D eigenvalue weighted by Crippen LogP contribution is 2.21. The molecule has 5 nitrogen and oxygen atoms in total. The first-order valence-corrected chi connectivity index (χ1v) is 4.52. The molecule has 0 fully saturated rings. The molecule has 6 heteroatoms. The molecule has 0 aliphatic rings. The third kappa shape index (κ3) is 2.54. The van der Waals surface area contributed by atoms with Crippen LogP contribution in [0.25, 0.3) is 0 Å². The molecular weight excluding hydrogens is 217 g/mol. The molecule has 0 saturated heterocycles. The molecule has 5 N–H and O–H groups in total. The third-order valence-electron chi connectivity index (χ3n) is 2.16. The lowest BCUT2D eigenvalue weighted by atomic mass is 10.0. The van der Waals surface area contributed by atoms with Crippen molar-refractivity contribution < 1.29 is 24.5 Å². The maximum absolute atomic E-state index is 13.4. The zero-order chi connectivity index (χ0) is 12.3. The predicted octanol–water partition coefficient (Wildman–Crippen LogP) is -0.802. The van der Waals surface area contributed by atoms with Crippen molar-refractivity contribution in [2.24, 2.45) is 5.73 Å². The molecule has 1 rings (SSSR count). The van der Waals surface area contributed by atoms with Gasteiger partial charge in [-0.15, -0.1) is 0 Å². The van der Waals surface area contributed by atoms with Crippen LogP contribution >= 0.6 is 0 Å². The standard InChI is InChI=1S/C10H12FNO4/c11-7-3-5(4-13)1-2-6(7)8(14)9(15)10(12)16/h1-3,8-9,13-15H,4H2,(H2,12,16). The molecule has 0 spiro atoms. The van der Waals surface area contributed by atoms with Gasteiger partial charge in [0.25, 0.3) is 0 Å². The van der Waals surface area contributed by atoms with Crippen molar-refractivity contribution in [1.29, 1.82) is 0 Å². The van der Waals surface area contributed by atoms with Crippen molar-refractivity contribution in [3.8, 4) is 0 Å². The van der Waals surface area contributed by atoms with Crippen molar-refractivity contribution in [2.75, 3.05) is 0 Å². The molecule has 16 heavy (non-hydrogen) atoms. The Hall–Kier alpha value is -1.50. The largest absolute Gasteiger partial charge is 0.392 e. The fourth-order valence-electron chi connectivity index (χ4n) is 1.23. The minimum Gasteiger partial charge on any atom is -0.392 e. The van der Waals surface area contributed by atoms with Crippen molar-refractivity contribution >= 4 is 5.91 Å². The molecule has 2 unspecified atom stereocenters. The Morgan fingerprint density at radius 1 is 1.44 bits per heavy atom. The highest BCUT2D eigenvalue weighted by molar-refractivity contribution is 5.79. The number of nitrogens with two attached hydrogens (primary N) is 1. The molecule has 1 amide bonds. The van der Waals surface area contributed by atoms with E-state index in [0.29, 0.717) is 5.56 Å². The van der Waals surface area contributed by atoms with Gasteiger partial charge in [0.05, 0.1) is 6.61 Å². The number of rotatable bonds is 4. The lowest BCUT2D eigenvalue weighted by molar-refractivity contribution is -0.132. The van der Waals surface area contributed by atoms with Gasteiger partial charge >= 0.3 is 0 Å². The number of amides is 1. The van der Waals surface area contributed by atoms with Crippen molar-refractivity contribution in [3.63, 3.8) is 0 Å². The lowest BCUT2D eigenvalue weighted by Crippen LogP contribution is -2.34. The van der Waals surface area contributed by atoms with Gasteiger partial charge in [0.2, 0.25) is 5.91 Å². The second-order valence-corrected chi connectivity index (χ2v) is 3.31. The van der Waals surface area contributed by atoms with Gasteiger partial charge in [-0.2, -0.15) is 0 Å². The summed E-state index contributed by atoms with van der Waals surface area (Å²) < 4.78 is 13.4. The lowest BCUT2D eigenvalue weighted by Gasteiger charge is -2.16. The van der Waals surface area contributed by atoms with Crippen LogP contribution in [0.3, 0.4) is 0 Å². The first-order valence-electron chi connectivity index (χ1n) is 4.52. The van der Waals surface area contributed by atoms with E-state index in [1.165, 1.54) is 12.1 Å². The first-order chi connectivity index (χ1) is 7.47. The predicted molar refractivity (Wildman–Crippen MR) is 52.5 cm³/mol. The Morgan fingerprint density at radius 2 is 2.06 bits per heavy atom. The average Bonchev–Trinajstić information content (AvgIpc) is 2.26. The molecule has 0 heterocycles. The van der Waals surface area contributed by atoms with Gasteiger partial charge in [-0.25, -0.2) is 4.39 Å². The topological polar surface area (TPSA) is 104 Å². The Kier molecular flexibility index (Phi) is 3.94. The summed E-state index contributed by atoms with van der Waals surface area (Å²) in [6, 6.07) is 3.55. The van der Waals surface area contributed by atoms with Gasteiger partial charge < -0.3 is 21.1 Å². The van der Waals surface area contributed by atoms with Crippen LogP contribution < -0.4 is 5.73 Å². The molecule has 1 aromatic carbocycles. The van der Waals surface area contributed by atoms with E-state index in [1.54, 1.807) is 0 Å². The van der Waals surface area contributed by atoms with Crippen LogP contribution in [0.4, 0.5) is 4.39 Å². The summed E-state index contributed by atoms with van der Waals surface area (Å²) in [6.45, 7) is -0.342. The van der Waals surface area contributed by atoms with Crippen molar-refractivity contribution in [1.82, 2.24) is 0 Å². The number of primary amides is 1. The van der Waals surface area contributed by atoms with Crippen LogP contribution in [-0.4, -0.2) is 27.3 Å². The summed E-state index contributed by atoms with van der Waals surface area (Å²) in [4.78, 5) is 10.6. The molecule has 0 radical (unpaired) electrons. The van der Waals surface area contributed by atoms with Crippen LogP contribution in [0.2, 0.25) is 0 Å². The molecule has 0 aromatic heterocycles.